The first-order valence-electron chi connectivity index (χ1n) is 12.5. The Bertz CT molecular complexity index is 1130. The van der Waals surface area contributed by atoms with Crippen molar-refractivity contribution in [2.75, 3.05) is 26.0 Å². The number of hydrogen-bond donors (Lipinski definition) is 2. The molecule has 194 valence electrons. The predicted molar refractivity (Wildman–Crippen MR) is 135 cm³/mol. The van der Waals surface area contributed by atoms with Gasteiger partial charge in [0.15, 0.2) is 0 Å². The van der Waals surface area contributed by atoms with Crippen LogP contribution in [0, 0.1) is 5.92 Å². The fraction of sp³-hybridized carbons (Fsp3) is 0.680. The third kappa shape index (κ3) is 7.03. The van der Waals surface area contributed by atoms with E-state index in [9.17, 15) is 13.2 Å². The number of nitrogens with zero attached hydrogens (tertiary/aromatic N) is 2. The van der Waals surface area contributed by atoms with E-state index < -0.39 is 21.7 Å². The van der Waals surface area contributed by atoms with Crippen LogP contribution in [-0.2, 0) is 19.5 Å². The largest absolute Gasteiger partial charge is 0.442 e. The lowest BCUT2D eigenvalue weighted by atomic mass is 9.82. The quantitative estimate of drug-likeness (QED) is 0.618. The highest BCUT2D eigenvalue weighted by Gasteiger charge is 2.30. The lowest BCUT2D eigenvalue weighted by Crippen LogP contribution is -2.51. The molecule has 0 amide bonds. The molecule has 4 rings (SSSR count). The summed E-state index contributed by atoms with van der Waals surface area (Å²) in [6.45, 7) is 7.66. The van der Waals surface area contributed by atoms with Crippen molar-refractivity contribution < 1.29 is 22.7 Å². The maximum absolute atomic E-state index is 12.4. The molecule has 0 spiro atoms. The summed E-state index contributed by atoms with van der Waals surface area (Å²) >= 11 is 0. The number of fused-ring (bicyclic) bond motifs is 1. The molecule has 1 saturated carbocycles. The number of carbonyl (C=O) groups is 1. The Labute approximate surface area is 208 Å². The molecule has 2 aliphatic rings. The molecule has 2 N–H and O–H groups in total. The van der Waals surface area contributed by atoms with Gasteiger partial charge in [-0.1, -0.05) is 6.07 Å². The van der Waals surface area contributed by atoms with Crippen LogP contribution < -0.4 is 10.0 Å². The summed E-state index contributed by atoms with van der Waals surface area (Å²) in [5.41, 5.74) is 1.43. The van der Waals surface area contributed by atoms with Gasteiger partial charge in [0, 0.05) is 23.9 Å². The molecule has 1 aromatic carbocycles. The molecule has 2 aromatic rings. The summed E-state index contributed by atoms with van der Waals surface area (Å²) < 4.78 is 39.2. The van der Waals surface area contributed by atoms with Crippen LogP contribution in [0.15, 0.2) is 24.4 Å². The Morgan fingerprint density at radius 2 is 1.94 bits per heavy atom. The third-order valence-corrected chi connectivity index (χ3v) is 7.55. The molecule has 1 aromatic heterocycles. The summed E-state index contributed by atoms with van der Waals surface area (Å²) in [5.74, 6) is 0.584. The Kier molecular flexibility index (Phi) is 7.85. The van der Waals surface area contributed by atoms with Crippen LogP contribution in [0.2, 0.25) is 0 Å². The van der Waals surface area contributed by atoms with Gasteiger partial charge in [0.25, 0.3) is 0 Å². The van der Waals surface area contributed by atoms with Gasteiger partial charge in [-0.2, -0.15) is 9.78 Å². The Morgan fingerprint density at radius 3 is 2.63 bits per heavy atom. The number of piperidine rings is 1. The van der Waals surface area contributed by atoms with E-state index in [1.54, 1.807) is 6.20 Å². The fourth-order valence-corrected chi connectivity index (χ4v) is 5.97. The highest BCUT2D eigenvalue weighted by atomic mass is 32.2. The smallest absolute Gasteiger partial charge is 0.435 e. The monoisotopic (exact) mass is 506 g/mol. The summed E-state index contributed by atoms with van der Waals surface area (Å²) in [6.07, 6.45) is 7.46. The van der Waals surface area contributed by atoms with Gasteiger partial charge in [-0.3, -0.25) is 0 Å². The average Bonchev–Trinajstić information content (AvgIpc) is 3.20. The molecule has 10 heteroatoms. The molecule has 2 atom stereocenters. The summed E-state index contributed by atoms with van der Waals surface area (Å²) in [4.78, 5) is 12.4. The van der Waals surface area contributed by atoms with Crippen LogP contribution in [0.25, 0.3) is 10.9 Å². The van der Waals surface area contributed by atoms with Gasteiger partial charge in [-0.05, 0) is 83.0 Å². The van der Waals surface area contributed by atoms with Crippen LogP contribution >= 0.6 is 0 Å². The van der Waals surface area contributed by atoms with Crippen molar-refractivity contribution in [3.63, 3.8) is 0 Å². The van der Waals surface area contributed by atoms with Crippen LogP contribution in [0.4, 0.5) is 4.79 Å². The number of rotatable bonds is 6. The number of benzene rings is 1. The van der Waals surface area contributed by atoms with E-state index >= 15 is 0 Å². The number of hydrogen-bond acceptors (Lipinski definition) is 7. The van der Waals surface area contributed by atoms with Gasteiger partial charge >= 0.3 is 6.09 Å². The summed E-state index contributed by atoms with van der Waals surface area (Å²) in [5, 5.41) is 8.53. The minimum Gasteiger partial charge on any atom is -0.442 e. The van der Waals surface area contributed by atoms with Crippen molar-refractivity contribution >= 4 is 27.0 Å². The zero-order valence-electron chi connectivity index (χ0n) is 21.1. The molecule has 1 saturated heterocycles. The molecule has 1 aliphatic heterocycles. The molecular formula is C25H38N4O5S. The fourth-order valence-electron chi connectivity index (χ4n) is 5.11. The van der Waals surface area contributed by atoms with E-state index in [1.807, 2.05) is 26.8 Å². The number of aromatic nitrogens is 2. The Morgan fingerprint density at radius 1 is 1.20 bits per heavy atom. The molecule has 9 nitrogen and oxygen atoms in total. The lowest BCUT2D eigenvalue weighted by Gasteiger charge is -2.34. The molecule has 2 heterocycles. The third-order valence-electron chi connectivity index (χ3n) is 6.82. The number of ether oxygens (including phenoxy) is 2. The second kappa shape index (κ2) is 10.5. The van der Waals surface area contributed by atoms with Crippen molar-refractivity contribution in [1.82, 2.24) is 19.8 Å². The van der Waals surface area contributed by atoms with E-state index in [0.717, 1.165) is 56.1 Å². The van der Waals surface area contributed by atoms with E-state index in [2.05, 4.69) is 27.3 Å². The molecular weight excluding hydrogens is 468 g/mol. The maximum Gasteiger partial charge on any atom is 0.435 e. The van der Waals surface area contributed by atoms with Crippen molar-refractivity contribution in [2.45, 2.75) is 76.5 Å². The van der Waals surface area contributed by atoms with E-state index in [0.29, 0.717) is 12.5 Å². The zero-order valence-corrected chi connectivity index (χ0v) is 21.9. The Hall–Kier alpha value is -2.01. The molecule has 1 aliphatic carbocycles. The summed E-state index contributed by atoms with van der Waals surface area (Å²) in [6, 6.07) is 6.10. The number of sulfonamides is 1. The van der Waals surface area contributed by atoms with Crippen molar-refractivity contribution in [1.29, 1.82) is 0 Å². The minimum absolute atomic E-state index is 0.0732. The van der Waals surface area contributed by atoms with Gasteiger partial charge in [-0.15, -0.1) is 0 Å². The van der Waals surface area contributed by atoms with Crippen LogP contribution in [-0.4, -0.2) is 68.0 Å². The van der Waals surface area contributed by atoms with E-state index in [-0.39, 0.29) is 18.1 Å². The van der Waals surface area contributed by atoms with Crippen molar-refractivity contribution in [2.24, 2.45) is 5.92 Å². The van der Waals surface area contributed by atoms with Crippen LogP contribution in [0.3, 0.4) is 0 Å². The standard InChI is InChI=1S/C25H38N4O5S/c1-25(2,3)34-24(30)29-23-10-7-18(13-19(23)15-27-29)17-5-8-21(9-6-17)33-16-20-14-26-12-11-22(20)28-35(4,31)32/h7,10,13,15,17,20-22,26,28H,5-6,8-9,11-12,14,16H2,1-4H3/t17?,20-,21?,22-/m0/s1. The molecule has 2 fully saturated rings. The average molecular weight is 507 g/mol. The molecule has 0 bridgehead atoms. The van der Waals surface area contributed by atoms with Gasteiger partial charge in [0.1, 0.15) is 5.60 Å². The highest BCUT2D eigenvalue weighted by Crippen LogP contribution is 2.35. The molecule has 35 heavy (non-hydrogen) atoms. The van der Waals surface area contributed by atoms with Gasteiger partial charge < -0.3 is 14.8 Å². The zero-order chi connectivity index (χ0) is 25.2. The van der Waals surface area contributed by atoms with Crippen LogP contribution in [0.5, 0.6) is 0 Å². The molecule has 0 unspecified atom stereocenters. The minimum atomic E-state index is -3.23. The highest BCUT2D eigenvalue weighted by molar-refractivity contribution is 7.88. The lowest BCUT2D eigenvalue weighted by molar-refractivity contribution is -0.00402. The van der Waals surface area contributed by atoms with Crippen molar-refractivity contribution in [3.05, 3.63) is 30.0 Å². The SMILES string of the molecule is CC(C)(C)OC(=O)n1ncc2cc(C3CCC(OC[C@@H]4CNCC[C@@H]4NS(C)(=O)=O)CC3)ccc21. The summed E-state index contributed by atoms with van der Waals surface area (Å²) in [7, 11) is -3.23. The first-order chi connectivity index (χ1) is 16.5. The predicted octanol–water partition coefficient (Wildman–Crippen LogP) is 3.39. The van der Waals surface area contributed by atoms with Gasteiger partial charge in [0.2, 0.25) is 10.0 Å². The number of nitrogens with one attached hydrogen (secondary N) is 2. The van der Waals surface area contributed by atoms with Crippen molar-refractivity contribution in [3.8, 4) is 0 Å². The first-order valence-corrected chi connectivity index (χ1v) is 14.4. The maximum atomic E-state index is 12.4. The first kappa shape index (κ1) is 26.1. The molecule has 0 radical (unpaired) electrons. The number of carbonyl (C=O) groups excluding carboxylic acids is 1. The van der Waals surface area contributed by atoms with Crippen LogP contribution in [0.1, 0.15) is 64.4 Å². The normalized spacial score (nSPS) is 26.1. The van der Waals surface area contributed by atoms with E-state index in [1.165, 1.54) is 16.5 Å². The Balaban J connectivity index is 1.31. The second-order valence-corrected chi connectivity index (χ2v) is 12.7. The topological polar surface area (TPSA) is 112 Å². The van der Waals surface area contributed by atoms with E-state index in [4.69, 9.17) is 9.47 Å². The van der Waals surface area contributed by atoms with Gasteiger partial charge in [-0.25, -0.2) is 17.9 Å². The van der Waals surface area contributed by atoms with Gasteiger partial charge in [0.05, 0.1) is 30.7 Å². The second-order valence-electron chi connectivity index (χ2n) is 10.9.